The molecule has 1 aromatic carbocycles. The first-order valence-electron chi connectivity index (χ1n) is 8.15. The number of oxazole rings is 1. The zero-order valence-electron chi connectivity index (χ0n) is 13.9. The van der Waals surface area contributed by atoms with Crippen molar-refractivity contribution in [2.45, 2.75) is 38.1 Å². The van der Waals surface area contributed by atoms with Crippen molar-refractivity contribution in [2.24, 2.45) is 0 Å². The van der Waals surface area contributed by atoms with Gasteiger partial charge in [0.1, 0.15) is 11.4 Å². The Bertz CT molecular complexity index is 804. The number of carboxylic acid groups (broad SMARTS) is 1. The number of likely N-dealkylation sites (tertiary alicyclic amines) is 1. The van der Waals surface area contributed by atoms with Gasteiger partial charge in [-0.3, -0.25) is 4.79 Å². The van der Waals surface area contributed by atoms with E-state index in [0.717, 1.165) is 0 Å². The average molecular weight is 346 g/mol. The van der Waals surface area contributed by atoms with Crippen LogP contribution in [0.15, 0.2) is 34.9 Å². The summed E-state index contributed by atoms with van der Waals surface area (Å²) in [6.07, 6.45) is 2.88. The van der Waals surface area contributed by atoms with Gasteiger partial charge in [-0.15, -0.1) is 0 Å². The van der Waals surface area contributed by atoms with Gasteiger partial charge in [0.25, 0.3) is 0 Å². The summed E-state index contributed by atoms with van der Waals surface area (Å²) in [5.74, 6) is -1.01. The molecule has 1 unspecified atom stereocenters. The molecule has 6 nitrogen and oxygen atoms in total. The van der Waals surface area contributed by atoms with E-state index < -0.39 is 17.3 Å². The number of aliphatic carboxylic acids is 1. The minimum atomic E-state index is -1.15. The number of hydrogen-bond acceptors (Lipinski definition) is 4. The van der Waals surface area contributed by atoms with Crippen LogP contribution in [0.4, 0.5) is 4.39 Å². The number of amides is 1. The molecule has 1 aliphatic rings. The Morgan fingerprint density at radius 1 is 1.40 bits per heavy atom. The Labute approximate surface area is 144 Å². The van der Waals surface area contributed by atoms with Crippen LogP contribution in [-0.2, 0) is 16.0 Å². The van der Waals surface area contributed by atoms with Gasteiger partial charge in [-0.25, -0.2) is 14.2 Å². The fourth-order valence-electron chi connectivity index (χ4n) is 3.15. The van der Waals surface area contributed by atoms with Gasteiger partial charge in [-0.2, -0.15) is 0 Å². The molecule has 25 heavy (non-hydrogen) atoms. The van der Waals surface area contributed by atoms with Crippen molar-refractivity contribution in [3.8, 4) is 11.3 Å². The number of aromatic nitrogens is 1. The number of aryl methyl sites for hydroxylation is 1. The maximum atomic E-state index is 13.8. The van der Waals surface area contributed by atoms with E-state index >= 15 is 0 Å². The monoisotopic (exact) mass is 346 g/mol. The van der Waals surface area contributed by atoms with Gasteiger partial charge in [0.15, 0.2) is 11.7 Å². The highest BCUT2D eigenvalue weighted by molar-refractivity contribution is 5.87. The number of carboxylic acids is 1. The second kappa shape index (κ2) is 6.66. The van der Waals surface area contributed by atoms with Crippen molar-refractivity contribution in [2.75, 3.05) is 6.54 Å². The van der Waals surface area contributed by atoms with Gasteiger partial charge in [-0.1, -0.05) is 12.1 Å². The Balaban J connectivity index is 1.66. The summed E-state index contributed by atoms with van der Waals surface area (Å²) in [6.45, 7) is 2.01. The molecule has 1 saturated heterocycles. The van der Waals surface area contributed by atoms with Crippen LogP contribution in [0.3, 0.4) is 0 Å². The summed E-state index contributed by atoms with van der Waals surface area (Å²) in [7, 11) is 0. The van der Waals surface area contributed by atoms with E-state index in [1.807, 2.05) is 0 Å². The Morgan fingerprint density at radius 3 is 2.88 bits per heavy atom. The summed E-state index contributed by atoms with van der Waals surface area (Å²) in [4.78, 5) is 29.3. The van der Waals surface area contributed by atoms with Crippen molar-refractivity contribution in [3.05, 3.63) is 42.2 Å². The van der Waals surface area contributed by atoms with E-state index in [2.05, 4.69) is 4.98 Å². The van der Waals surface area contributed by atoms with E-state index in [-0.39, 0.29) is 18.7 Å². The minimum Gasteiger partial charge on any atom is -0.480 e. The Morgan fingerprint density at radius 2 is 2.16 bits per heavy atom. The van der Waals surface area contributed by atoms with E-state index in [9.17, 15) is 19.1 Å². The Hall–Kier alpha value is -2.70. The van der Waals surface area contributed by atoms with Gasteiger partial charge in [0.05, 0.1) is 11.8 Å². The molecule has 0 saturated carbocycles. The molecule has 132 valence electrons. The first kappa shape index (κ1) is 17.1. The standard InChI is InChI=1S/C18H19FN2O4/c1-18(17(23)24)9-4-10-21(18)16(22)8-7-15-20-11-14(25-15)12-5-2-3-6-13(12)19/h2-3,5-6,11H,4,7-10H2,1H3,(H,23,24). The molecule has 1 amide bonds. The van der Waals surface area contributed by atoms with Crippen molar-refractivity contribution < 1.29 is 23.5 Å². The van der Waals surface area contributed by atoms with E-state index in [1.165, 1.54) is 17.2 Å². The lowest BCUT2D eigenvalue weighted by atomic mass is 9.99. The lowest BCUT2D eigenvalue weighted by Gasteiger charge is -2.31. The number of benzene rings is 1. The molecule has 2 heterocycles. The van der Waals surface area contributed by atoms with Crippen LogP contribution in [0.5, 0.6) is 0 Å². The number of rotatable bonds is 5. The first-order valence-corrected chi connectivity index (χ1v) is 8.15. The zero-order chi connectivity index (χ0) is 18.0. The highest BCUT2D eigenvalue weighted by atomic mass is 19.1. The van der Waals surface area contributed by atoms with E-state index in [0.29, 0.717) is 36.6 Å². The third kappa shape index (κ3) is 3.26. The van der Waals surface area contributed by atoms with Gasteiger partial charge in [0, 0.05) is 19.4 Å². The second-order valence-electron chi connectivity index (χ2n) is 6.33. The largest absolute Gasteiger partial charge is 0.480 e. The van der Waals surface area contributed by atoms with Gasteiger partial charge in [0.2, 0.25) is 5.91 Å². The molecule has 1 atom stereocenters. The fraction of sp³-hybridized carbons (Fsp3) is 0.389. The molecule has 0 radical (unpaired) electrons. The average Bonchev–Trinajstić information content (AvgIpc) is 3.20. The normalized spacial score (nSPS) is 20.0. The zero-order valence-corrected chi connectivity index (χ0v) is 13.9. The molecular weight excluding hydrogens is 327 g/mol. The van der Waals surface area contributed by atoms with Gasteiger partial charge >= 0.3 is 5.97 Å². The predicted octanol–water partition coefficient (Wildman–Crippen LogP) is 2.88. The molecule has 7 heteroatoms. The maximum Gasteiger partial charge on any atom is 0.329 e. The van der Waals surface area contributed by atoms with Crippen LogP contribution >= 0.6 is 0 Å². The van der Waals surface area contributed by atoms with Crippen LogP contribution in [0.2, 0.25) is 0 Å². The molecule has 1 aliphatic heterocycles. The van der Waals surface area contributed by atoms with Crippen molar-refractivity contribution >= 4 is 11.9 Å². The van der Waals surface area contributed by atoms with Crippen LogP contribution in [0.1, 0.15) is 32.1 Å². The number of hydrogen-bond donors (Lipinski definition) is 1. The molecule has 1 aromatic heterocycles. The third-order valence-electron chi connectivity index (χ3n) is 4.65. The molecule has 2 aromatic rings. The van der Waals surface area contributed by atoms with Crippen molar-refractivity contribution in [1.29, 1.82) is 0 Å². The fourth-order valence-corrected chi connectivity index (χ4v) is 3.15. The summed E-state index contributed by atoms with van der Waals surface area (Å²) in [6, 6.07) is 6.21. The third-order valence-corrected chi connectivity index (χ3v) is 4.65. The highest BCUT2D eigenvalue weighted by Gasteiger charge is 2.45. The van der Waals surface area contributed by atoms with Gasteiger partial charge < -0.3 is 14.4 Å². The summed E-state index contributed by atoms with van der Waals surface area (Å²) < 4.78 is 19.3. The molecule has 1 N–H and O–H groups in total. The smallest absolute Gasteiger partial charge is 0.329 e. The molecule has 0 bridgehead atoms. The van der Waals surface area contributed by atoms with Gasteiger partial charge in [-0.05, 0) is 31.9 Å². The van der Waals surface area contributed by atoms with Crippen LogP contribution in [-0.4, -0.2) is 39.0 Å². The summed E-state index contributed by atoms with van der Waals surface area (Å²) >= 11 is 0. The molecule has 0 aliphatic carbocycles. The molecular formula is C18H19FN2O4. The SMILES string of the molecule is CC1(C(=O)O)CCCN1C(=O)CCc1ncc(-c2ccccc2F)o1. The summed E-state index contributed by atoms with van der Waals surface area (Å²) in [5.41, 5.74) is -0.836. The summed E-state index contributed by atoms with van der Waals surface area (Å²) in [5, 5.41) is 9.37. The van der Waals surface area contributed by atoms with Crippen molar-refractivity contribution in [1.82, 2.24) is 9.88 Å². The van der Waals surface area contributed by atoms with Crippen molar-refractivity contribution in [3.63, 3.8) is 0 Å². The quantitative estimate of drug-likeness (QED) is 0.900. The first-order chi connectivity index (χ1) is 11.9. The molecule has 0 spiro atoms. The lowest BCUT2D eigenvalue weighted by Crippen LogP contribution is -2.50. The maximum absolute atomic E-state index is 13.8. The minimum absolute atomic E-state index is 0.0973. The highest BCUT2D eigenvalue weighted by Crippen LogP contribution is 2.30. The number of nitrogens with zero attached hydrogens (tertiary/aromatic N) is 2. The predicted molar refractivity (Wildman–Crippen MR) is 87.2 cm³/mol. The number of carbonyl (C=O) groups is 2. The lowest BCUT2D eigenvalue weighted by molar-refractivity contribution is -0.155. The van der Waals surface area contributed by atoms with Crippen LogP contribution < -0.4 is 0 Å². The van der Waals surface area contributed by atoms with E-state index in [4.69, 9.17) is 4.42 Å². The van der Waals surface area contributed by atoms with E-state index in [1.54, 1.807) is 25.1 Å². The Kier molecular flexibility index (Phi) is 4.57. The molecule has 3 rings (SSSR count). The van der Waals surface area contributed by atoms with Crippen LogP contribution in [0.25, 0.3) is 11.3 Å². The number of carbonyl (C=O) groups excluding carboxylic acids is 1. The topological polar surface area (TPSA) is 83.6 Å². The molecule has 1 fully saturated rings. The second-order valence-corrected chi connectivity index (χ2v) is 6.33. The number of halogens is 1. The van der Waals surface area contributed by atoms with Crippen LogP contribution in [0, 0.1) is 5.82 Å².